The monoisotopic (exact) mass is 218 g/mol. The van der Waals surface area contributed by atoms with Crippen LogP contribution >= 0.6 is 0 Å². The maximum Gasteiger partial charge on any atom is 0.120 e. The maximum atomic E-state index is 9.04. The normalized spacial score (nSPS) is 10.7. The van der Waals surface area contributed by atoms with Gasteiger partial charge in [0.1, 0.15) is 11.8 Å². The fourth-order valence-electron chi connectivity index (χ4n) is 1.84. The maximum absolute atomic E-state index is 9.04. The Morgan fingerprint density at radius 1 is 1.38 bits per heavy atom. The van der Waals surface area contributed by atoms with E-state index in [1.54, 1.807) is 0 Å². The fourth-order valence-corrected chi connectivity index (χ4v) is 1.84. The molecule has 88 valence electrons. The van der Waals surface area contributed by atoms with Crippen LogP contribution in [-0.4, -0.2) is 4.57 Å². The molecular formula is C14H22N2. The van der Waals surface area contributed by atoms with Crippen LogP contribution in [0.15, 0.2) is 12.1 Å². The van der Waals surface area contributed by atoms with Crippen molar-refractivity contribution in [1.82, 2.24) is 4.57 Å². The highest BCUT2D eigenvalue weighted by Gasteiger charge is 2.07. The zero-order chi connectivity index (χ0) is 12.0. The topological polar surface area (TPSA) is 28.7 Å². The van der Waals surface area contributed by atoms with Crippen molar-refractivity contribution in [2.24, 2.45) is 5.92 Å². The van der Waals surface area contributed by atoms with Crippen molar-refractivity contribution in [3.05, 3.63) is 23.5 Å². The van der Waals surface area contributed by atoms with Crippen molar-refractivity contribution >= 4 is 0 Å². The number of nitriles is 1. The van der Waals surface area contributed by atoms with E-state index in [-0.39, 0.29) is 0 Å². The van der Waals surface area contributed by atoms with Gasteiger partial charge >= 0.3 is 0 Å². The van der Waals surface area contributed by atoms with E-state index in [4.69, 9.17) is 5.26 Å². The van der Waals surface area contributed by atoms with Crippen molar-refractivity contribution < 1.29 is 0 Å². The van der Waals surface area contributed by atoms with E-state index < -0.39 is 0 Å². The molecule has 0 N–H and O–H groups in total. The third-order valence-corrected chi connectivity index (χ3v) is 2.90. The van der Waals surface area contributed by atoms with E-state index in [0.717, 1.165) is 31.0 Å². The van der Waals surface area contributed by atoms with E-state index in [9.17, 15) is 0 Å². The molecule has 1 aromatic heterocycles. The summed E-state index contributed by atoms with van der Waals surface area (Å²) in [7, 11) is 0. The second-order valence-electron chi connectivity index (χ2n) is 4.76. The third-order valence-electron chi connectivity index (χ3n) is 2.90. The van der Waals surface area contributed by atoms with Crippen LogP contribution in [0, 0.1) is 17.2 Å². The zero-order valence-corrected chi connectivity index (χ0v) is 10.7. The van der Waals surface area contributed by atoms with Gasteiger partial charge in [-0.1, -0.05) is 27.2 Å². The first-order valence-electron chi connectivity index (χ1n) is 6.27. The molecule has 0 radical (unpaired) electrons. The second-order valence-corrected chi connectivity index (χ2v) is 4.76. The molecule has 1 heterocycles. The van der Waals surface area contributed by atoms with Crippen molar-refractivity contribution in [2.45, 2.75) is 53.0 Å². The first-order chi connectivity index (χ1) is 7.69. The van der Waals surface area contributed by atoms with Gasteiger partial charge in [-0.05, 0) is 37.3 Å². The van der Waals surface area contributed by atoms with Crippen LogP contribution in [0.1, 0.15) is 51.4 Å². The predicted molar refractivity (Wildman–Crippen MR) is 67.2 cm³/mol. The number of aryl methyl sites for hydroxylation is 1. The van der Waals surface area contributed by atoms with E-state index in [2.05, 4.69) is 37.5 Å². The molecule has 0 spiro atoms. The Labute approximate surface area is 98.9 Å². The summed E-state index contributed by atoms with van der Waals surface area (Å²) in [6, 6.07) is 6.33. The first kappa shape index (κ1) is 12.8. The number of nitrogens with zero attached hydrogens (tertiary/aromatic N) is 2. The molecule has 2 heteroatoms. The zero-order valence-electron chi connectivity index (χ0n) is 10.7. The highest BCUT2D eigenvalue weighted by molar-refractivity contribution is 5.27. The molecule has 0 atom stereocenters. The number of aromatic nitrogens is 1. The summed E-state index contributed by atoms with van der Waals surface area (Å²) in [6.45, 7) is 7.65. The molecule has 0 aromatic carbocycles. The largest absolute Gasteiger partial charge is 0.337 e. The quantitative estimate of drug-likeness (QED) is 0.715. The Morgan fingerprint density at radius 2 is 2.12 bits per heavy atom. The summed E-state index contributed by atoms with van der Waals surface area (Å²) >= 11 is 0. The van der Waals surface area contributed by atoms with Gasteiger partial charge in [-0.15, -0.1) is 0 Å². The molecule has 0 amide bonds. The minimum atomic E-state index is 0.722. The fraction of sp³-hybridized carbons (Fsp3) is 0.643. The Morgan fingerprint density at radius 3 is 2.69 bits per heavy atom. The molecule has 0 aliphatic carbocycles. The molecule has 16 heavy (non-hydrogen) atoms. The van der Waals surface area contributed by atoms with Crippen molar-refractivity contribution in [2.75, 3.05) is 0 Å². The number of rotatable bonds is 6. The Hall–Kier alpha value is -1.23. The van der Waals surface area contributed by atoms with Gasteiger partial charge in [-0.25, -0.2) is 0 Å². The standard InChI is InChI=1S/C14H22N2/c1-4-5-10-16-13(7-6-12(2)3)8-9-14(16)11-15/h8-9,12H,4-7,10H2,1-3H3. The summed E-state index contributed by atoms with van der Waals surface area (Å²) < 4.78 is 2.19. The highest BCUT2D eigenvalue weighted by Crippen LogP contribution is 2.14. The Balaban J connectivity index is 2.75. The molecule has 1 aromatic rings. The average Bonchev–Trinajstić information content (AvgIpc) is 2.65. The molecule has 2 nitrogen and oxygen atoms in total. The molecule has 0 fully saturated rings. The van der Waals surface area contributed by atoms with Gasteiger partial charge in [0.2, 0.25) is 0 Å². The number of unbranched alkanes of at least 4 members (excludes halogenated alkanes) is 1. The van der Waals surface area contributed by atoms with Gasteiger partial charge in [-0.2, -0.15) is 5.26 Å². The SMILES string of the molecule is CCCCn1c(C#N)ccc1CCC(C)C. The second kappa shape index (κ2) is 6.37. The van der Waals surface area contributed by atoms with Crippen LogP contribution in [0.2, 0.25) is 0 Å². The Kier molecular flexibility index (Phi) is 5.11. The van der Waals surface area contributed by atoms with Gasteiger partial charge in [0.05, 0.1) is 0 Å². The van der Waals surface area contributed by atoms with Crippen LogP contribution < -0.4 is 0 Å². The first-order valence-corrected chi connectivity index (χ1v) is 6.27. The summed E-state index contributed by atoms with van der Waals surface area (Å²) in [5.74, 6) is 0.722. The van der Waals surface area contributed by atoms with Crippen LogP contribution in [0.5, 0.6) is 0 Å². The van der Waals surface area contributed by atoms with Crippen molar-refractivity contribution in [3.63, 3.8) is 0 Å². The average molecular weight is 218 g/mol. The third kappa shape index (κ3) is 3.41. The Bertz CT molecular complexity index is 355. The van der Waals surface area contributed by atoms with E-state index >= 15 is 0 Å². The van der Waals surface area contributed by atoms with Crippen LogP contribution in [-0.2, 0) is 13.0 Å². The van der Waals surface area contributed by atoms with Crippen LogP contribution in [0.25, 0.3) is 0 Å². The summed E-state index contributed by atoms with van der Waals surface area (Å²) in [4.78, 5) is 0. The van der Waals surface area contributed by atoms with Gasteiger partial charge < -0.3 is 4.57 Å². The van der Waals surface area contributed by atoms with Crippen LogP contribution in [0.3, 0.4) is 0 Å². The highest BCUT2D eigenvalue weighted by atomic mass is 15.0. The molecule has 1 rings (SSSR count). The lowest BCUT2D eigenvalue weighted by Crippen LogP contribution is -2.06. The lowest BCUT2D eigenvalue weighted by Gasteiger charge is -2.11. The van der Waals surface area contributed by atoms with Crippen molar-refractivity contribution in [3.8, 4) is 6.07 Å². The van der Waals surface area contributed by atoms with E-state index in [0.29, 0.717) is 0 Å². The van der Waals surface area contributed by atoms with Gasteiger partial charge in [-0.3, -0.25) is 0 Å². The molecule has 0 saturated carbocycles. The van der Waals surface area contributed by atoms with E-state index in [1.165, 1.54) is 18.5 Å². The summed E-state index contributed by atoms with van der Waals surface area (Å²) in [5.41, 5.74) is 2.13. The summed E-state index contributed by atoms with van der Waals surface area (Å²) in [5, 5.41) is 9.04. The molecule has 0 bridgehead atoms. The summed E-state index contributed by atoms with van der Waals surface area (Å²) in [6.07, 6.45) is 4.61. The lowest BCUT2D eigenvalue weighted by atomic mass is 10.1. The molecule has 0 unspecified atom stereocenters. The minimum Gasteiger partial charge on any atom is -0.337 e. The molecule has 0 aliphatic heterocycles. The van der Waals surface area contributed by atoms with Gasteiger partial charge in [0.15, 0.2) is 0 Å². The smallest absolute Gasteiger partial charge is 0.120 e. The molecular weight excluding hydrogens is 196 g/mol. The van der Waals surface area contributed by atoms with Crippen LogP contribution in [0.4, 0.5) is 0 Å². The van der Waals surface area contributed by atoms with E-state index in [1.807, 2.05) is 6.07 Å². The molecule has 0 aliphatic rings. The lowest BCUT2D eigenvalue weighted by molar-refractivity contribution is 0.548. The minimum absolute atomic E-state index is 0.722. The number of hydrogen-bond donors (Lipinski definition) is 0. The predicted octanol–water partition coefficient (Wildman–Crippen LogP) is 3.75. The number of hydrogen-bond acceptors (Lipinski definition) is 1. The van der Waals surface area contributed by atoms with Crippen molar-refractivity contribution in [1.29, 1.82) is 5.26 Å². The van der Waals surface area contributed by atoms with Gasteiger partial charge in [0.25, 0.3) is 0 Å². The van der Waals surface area contributed by atoms with Gasteiger partial charge in [0, 0.05) is 12.2 Å². The molecule has 0 saturated heterocycles.